The van der Waals surface area contributed by atoms with Crippen molar-refractivity contribution in [1.29, 1.82) is 5.26 Å². The van der Waals surface area contributed by atoms with Gasteiger partial charge in [-0.05, 0) is 25.3 Å². The lowest BCUT2D eigenvalue weighted by Crippen LogP contribution is -2.44. The van der Waals surface area contributed by atoms with E-state index in [4.69, 9.17) is 9.68 Å². The van der Waals surface area contributed by atoms with Gasteiger partial charge in [0.1, 0.15) is 11.0 Å². The van der Waals surface area contributed by atoms with Gasteiger partial charge >= 0.3 is 0 Å². The third-order valence-corrected chi connectivity index (χ3v) is 3.86. The van der Waals surface area contributed by atoms with Gasteiger partial charge in [-0.2, -0.15) is 5.26 Å². The number of para-hydroxylation sites is 1. The van der Waals surface area contributed by atoms with Gasteiger partial charge in [0.05, 0.1) is 12.3 Å². The molecular weight excluding hydrogens is 240 g/mol. The first-order chi connectivity index (χ1) is 9.25. The van der Waals surface area contributed by atoms with E-state index in [1.54, 1.807) is 6.26 Å². The van der Waals surface area contributed by atoms with E-state index >= 15 is 0 Å². The molecule has 4 nitrogen and oxygen atoms in total. The fourth-order valence-electron chi connectivity index (χ4n) is 2.43. The predicted molar refractivity (Wildman–Crippen MR) is 70.0 cm³/mol. The van der Waals surface area contributed by atoms with Crippen LogP contribution in [-0.2, 0) is 11.3 Å². The molecule has 0 radical (unpaired) electrons. The minimum Gasteiger partial charge on any atom is -0.464 e. The van der Waals surface area contributed by atoms with Crippen molar-refractivity contribution in [2.45, 2.75) is 25.8 Å². The molecule has 1 aliphatic rings. The van der Waals surface area contributed by atoms with Gasteiger partial charge in [0, 0.05) is 17.5 Å². The maximum atomic E-state index is 12.0. The lowest BCUT2D eigenvalue weighted by atomic mass is 9.69. The number of carbonyl (C=O) groups is 1. The molecule has 0 unspecified atom stereocenters. The molecule has 19 heavy (non-hydrogen) atoms. The second-order valence-electron chi connectivity index (χ2n) is 4.99. The zero-order chi connectivity index (χ0) is 13.3. The number of carbonyl (C=O) groups excluding carboxylic acids is 1. The number of rotatable bonds is 3. The maximum absolute atomic E-state index is 12.0. The molecule has 4 heteroatoms. The van der Waals surface area contributed by atoms with Crippen molar-refractivity contribution in [1.82, 2.24) is 5.32 Å². The standard InChI is InChI=1S/C15H14N2O2/c16-10-15(6-3-7-15)14(18)17-8-11-9-19-13-5-2-1-4-12(11)13/h1-2,4-5,9H,3,6-8H2,(H,17,18). The van der Waals surface area contributed by atoms with Crippen LogP contribution in [0.1, 0.15) is 24.8 Å². The molecule has 3 rings (SSSR count). The molecule has 0 spiro atoms. The molecule has 96 valence electrons. The zero-order valence-electron chi connectivity index (χ0n) is 10.5. The minimum absolute atomic E-state index is 0.161. The smallest absolute Gasteiger partial charge is 0.240 e. The quantitative estimate of drug-likeness (QED) is 0.915. The Morgan fingerprint density at radius 2 is 2.21 bits per heavy atom. The van der Waals surface area contributed by atoms with E-state index in [1.807, 2.05) is 24.3 Å². The highest BCUT2D eigenvalue weighted by atomic mass is 16.3. The Bertz CT molecular complexity index is 662. The van der Waals surface area contributed by atoms with Crippen LogP contribution in [0.2, 0.25) is 0 Å². The second kappa shape index (κ2) is 4.43. The highest BCUT2D eigenvalue weighted by molar-refractivity contribution is 5.87. The molecule has 2 aromatic rings. The Hall–Kier alpha value is -2.28. The van der Waals surface area contributed by atoms with Crippen molar-refractivity contribution >= 4 is 16.9 Å². The summed E-state index contributed by atoms with van der Waals surface area (Å²) in [5, 5.41) is 13.0. The molecule has 0 bridgehead atoms. The number of fused-ring (bicyclic) bond motifs is 1. The van der Waals surface area contributed by atoms with Crippen molar-refractivity contribution in [3.8, 4) is 6.07 Å². The van der Waals surface area contributed by atoms with Crippen LogP contribution in [0.25, 0.3) is 11.0 Å². The highest BCUT2D eigenvalue weighted by Crippen LogP contribution is 2.40. The van der Waals surface area contributed by atoms with Crippen LogP contribution < -0.4 is 5.32 Å². The third-order valence-electron chi connectivity index (χ3n) is 3.86. The summed E-state index contributed by atoms with van der Waals surface area (Å²) in [4.78, 5) is 12.0. The summed E-state index contributed by atoms with van der Waals surface area (Å²) in [5.74, 6) is -0.161. The minimum atomic E-state index is -0.792. The number of nitriles is 1. The zero-order valence-corrected chi connectivity index (χ0v) is 10.5. The molecule has 1 aromatic heterocycles. The fourth-order valence-corrected chi connectivity index (χ4v) is 2.43. The van der Waals surface area contributed by atoms with E-state index in [-0.39, 0.29) is 5.91 Å². The number of amides is 1. The number of hydrogen-bond donors (Lipinski definition) is 1. The van der Waals surface area contributed by atoms with Gasteiger partial charge in [0.2, 0.25) is 5.91 Å². The van der Waals surface area contributed by atoms with Crippen LogP contribution in [0.15, 0.2) is 34.9 Å². The first-order valence-electron chi connectivity index (χ1n) is 6.40. The molecule has 1 heterocycles. The molecule has 1 saturated carbocycles. The van der Waals surface area contributed by atoms with Crippen molar-refractivity contribution in [2.75, 3.05) is 0 Å². The summed E-state index contributed by atoms with van der Waals surface area (Å²) in [5.41, 5.74) is 0.959. The largest absolute Gasteiger partial charge is 0.464 e. The summed E-state index contributed by atoms with van der Waals surface area (Å²) < 4.78 is 5.42. The number of hydrogen-bond acceptors (Lipinski definition) is 3. The second-order valence-corrected chi connectivity index (χ2v) is 4.99. The number of benzene rings is 1. The predicted octanol–water partition coefficient (Wildman–Crippen LogP) is 2.74. The number of nitrogens with one attached hydrogen (secondary N) is 1. The molecule has 1 N–H and O–H groups in total. The Morgan fingerprint density at radius 1 is 1.42 bits per heavy atom. The molecule has 1 aliphatic carbocycles. The Labute approximate surface area is 111 Å². The van der Waals surface area contributed by atoms with E-state index in [2.05, 4.69) is 11.4 Å². The van der Waals surface area contributed by atoms with Crippen molar-refractivity contribution in [2.24, 2.45) is 5.41 Å². The van der Waals surface area contributed by atoms with Crippen LogP contribution in [0, 0.1) is 16.7 Å². The Kier molecular flexibility index (Phi) is 2.75. The molecule has 0 aliphatic heterocycles. The van der Waals surface area contributed by atoms with Gasteiger partial charge < -0.3 is 9.73 Å². The molecule has 1 fully saturated rings. The monoisotopic (exact) mass is 254 g/mol. The number of nitrogens with zero attached hydrogens (tertiary/aromatic N) is 1. The third kappa shape index (κ3) is 1.88. The van der Waals surface area contributed by atoms with Crippen LogP contribution in [0.3, 0.4) is 0 Å². The van der Waals surface area contributed by atoms with Crippen molar-refractivity contribution < 1.29 is 9.21 Å². The lowest BCUT2D eigenvalue weighted by molar-refractivity contribution is -0.131. The van der Waals surface area contributed by atoms with E-state index in [9.17, 15) is 4.79 Å². The Balaban J connectivity index is 1.73. The molecule has 0 atom stereocenters. The topological polar surface area (TPSA) is 66.0 Å². The summed E-state index contributed by atoms with van der Waals surface area (Å²) >= 11 is 0. The van der Waals surface area contributed by atoms with E-state index in [0.717, 1.165) is 23.0 Å². The van der Waals surface area contributed by atoms with E-state index < -0.39 is 5.41 Å². The lowest BCUT2D eigenvalue weighted by Gasteiger charge is -2.33. The van der Waals surface area contributed by atoms with Gasteiger partial charge in [-0.15, -0.1) is 0 Å². The van der Waals surface area contributed by atoms with Gasteiger partial charge in [-0.3, -0.25) is 4.79 Å². The highest BCUT2D eigenvalue weighted by Gasteiger charge is 2.44. The van der Waals surface area contributed by atoms with Crippen LogP contribution in [0.5, 0.6) is 0 Å². The van der Waals surface area contributed by atoms with E-state index in [0.29, 0.717) is 19.4 Å². The Morgan fingerprint density at radius 3 is 2.89 bits per heavy atom. The average Bonchev–Trinajstić information content (AvgIpc) is 2.79. The molecule has 1 amide bonds. The van der Waals surface area contributed by atoms with E-state index in [1.165, 1.54) is 0 Å². The first-order valence-corrected chi connectivity index (χ1v) is 6.40. The SMILES string of the molecule is N#CC1(C(=O)NCc2coc3ccccc23)CCC1. The molecular formula is C15H14N2O2. The summed E-state index contributed by atoms with van der Waals surface area (Å²) in [6.07, 6.45) is 3.95. The fraction of sp³-hybridized carbons (Fsp3) is 0.333. The van der Waals surface area contributed by atoms with Gasteiger partial charge in [-0.25, -0.2) is 0 Å². The maximum Gasteiger partial charge on any atom is 0.240 e. The van der Waals surface area contributed by atoms with Gasteiger partial charge in [0.25, 0.3) is 0 Å². The number of furan rings is 1. The van der Waals surface area contributed by atoms with Crippen LogP contribution in [0.4, 0.5) is 0 Å². The summed E-state index contributed by atoms with van der Waals surface area (Å²) in [7, 11) is 0. The first kappa shape index (κ1) is 11.8. The van der Waals surface area contributed by atoms with Crippen LogP contribution >= 0.6 is 0 Å². The van der Waals surface area contributed by atoms with Gasteiger partial charge in [0.15, 0.2) is 0 Å². The van der Waals surface area contributed by atoms with Crippen LogP contribution in [-0.4, -0.2) is 5.91 Å². The van der Waals surface area contributed by atoms with Gasteiger partial charge in [-0.1, -0.05) is 18.2 Å². The van der Waals surface area contributed by atoms with Crippen molar-refractivity contribution in [3.05, 3.63) is 36.1 Å². The summed E-state index contributed by atoms with van der Waals surface area (Å²) in [6, 6.07) is 9.85. The molecule has 0 saturated heterocycles. The van der Waals surface area contributed by atoms with Crippen molar-refractivity contribution in [3.63, 3.8) is 0 Å². The molecule has 1 aromatic carbocycles. The average molecular weight is 254 g/mol. The normalized spacial score (nSPS) is 16.6. The summed E-state index contributed by atoms with van der Waals surface area (Å²) in [6.45, 7) is 0.402.